The summed E-state index contributed by atoms with van der Waals surface area (Å²) < 4.78 is 4.58. The van der Waals surface area contributed by atoms with E-state index in [0.717, 1.165) is 11.5 Å². The van der Waals surface area contributed by atoms with Crippen molar-refractivity contribution in [2.24, 2.45) is 0 Å². The fourth-order valence-corrected chi connectivity index (χ4v) is 2.72. The number of ether oxygens (including phenoxy) is 1. The second-order valence-electron chi connectivity index (χ2n) is 3.87. The Morgan fingerprint density at radius 2 is 2.33 bits per heavy atom. The molecule has 1 saturated heterocycles. The van der Waals surface area contributed by atoms with Gasteiger partial charge in [-0.1, -0.05) is 6.42 Å². The van der Waals surface area contributed by atoms with Crippen LogP contribution in [0.2, 0.25) is 0 Å². The van der Waals surface area contributed by atoms with Gasteiger partial charge in [0, 0.05) is 11.8 Å². The molecule has 3 nitrogen and oxygen atoms in total. The molecule has 1 atom stereocenters. The molecule has 1 aliphatic rings. The quantitative estimate of drug-likeness (QED) is 0.559. The highest BCUT2D eigenvalue weighted by Crippen LogP contribution is 2.13. The SMILES string of the molecule is COC(=O)CCSCC[C@@H]1CCCCN1. The van der Waals surface area contributed by atoms with Crippen molar-refractivity contribution in [3.63, 3.8) is 0 Å². The normalized spacial score (nSPS) is 21.3. The van der Waals surface area contributed by atoms with Gasteiger partial charge < -0.3 is 10.1 Å². The number of carbonyl (C=O) groups is 1. The van der Waals surface area contributed by atoms with E-state index in [0.29, 0.717) is 12.5 Å². The summed E-state index contributed by atoms with van der Waals surface area (Å²) in [7, 11) is 1.44. The van der Waals surface area contributed by atoms with Gasteiger partial charge in [0.05, 0.1) is 13.5 Å². The molecule has 0 bridgehead atoms. The minimum atomic E-state index is -0.0988. The predicted octanol–water partition coefficient (Wildman–Crippen LogP) is 1.81. The third-order valence-corrected chi connectivity index (χ3v) is 3.72. The van der Waals surface area contributed by atoms with Crippen LogP contribution in [0, 0.1) is 0 Å². The first-order chi connectivity index (χ1) is 7.33. The maximum atomic E-state index is 10.8. The van der Waals surface area contributed by atoms with E-state index in [1.165, 1.54) is 39.3 Å². The largest absolute Gasteiger partial charge is 0.469 e. The molecule has 1 fully saturated rings. The van der Waals surface area contributed by atoms with E-state index >= 15 is 0 Å². The van der Waals surface area contributed by atoms with Crippen molar-refractivity contribution in [3.8, 4) is 0 Å². The number of hydrogen-bond acceptors (Lipinski definition) is 4. The molecular weight excluding hydrogens is 210 g/mol. The smallest absolute Gasteiger partial charge is 0.306 e. The van der Waals surface area contributed by atoms with E-state index in [9.17, 15) is 4.79 Å². The summed E-state index contributed by atoms with van der Waals surface area (Å²) in [5, 5.41) is 3.52. The zero-order chi connectivity index (χ0) is 10.9. The van der Waals surface area contributed by atoms with Crippen LogP contribution in [0.3, 0.4) is 0 Å². The minimum Gasteiger partial charge on any atom is -0.469 e. The molecule has 1 N–H and O–H groups in total. The second-order valence-corrected chi connectivity index (χ2v) is 5.10. The number of hydrogen-bond donors (Lipinski definition) is 1. The maximum absolute atomic E-state index is 10.8. The van der Waals surface area contributed by atoms with Crippen molar-refractivity contribution < 1.29 is 9.53 Å². The van der Waals surface area contributed by atoms with Crippen LogP contribution in [0.25, 0.3) is 0 Å². The van der Waals surface area contributed by atoms with Gasteiger partial charge in [0.2, 0.25) is 0 Å². The van der Waals surface area contributed by atoms with Crippen molar-refractivity contribution in [2.45, 2.75) is 38.1 Å². The van der Waals surface area contributed by atoms with Crippen LogP contribution >= 0.6 is 11.8 Å². The van der Waals surface area contributed by atoms with Crippen molar-refractivity contribution in [1.82, 2.24) is 5.32 Å². The summed E-state index contributed by atoms with van der Waals surface area (Å²) in [4.78, 5) is 10.8. The first-order valence-electron chi connectivity index (χ1n) is 5.71. The maximum Gasteiger partial charge on any atom is 0.306 e. The number of rotatable bonds is 6. The summed E-state index contributed by atoms with van der Waals surface area (Å²) in [6.45, 7) is 1.18. The molecule has 0 aliphatic carbocycles. The van der Waals surface area contributed by atoms with Gasteiger partial charge in [-0.05, 0) is 31.6 Å². The van der Waals surface area contributed by atoms with Gasteiger partial charge in [-0.25, -0.2) is 0 Å². The molecule has 0 aromatic carbocycles. The fraction of sp³-hybridized carbons (Fsp3) is 0.909. The molecule has 1 rings (SSSR count). The van der Waals surface area contributed by atoms with Crippen LogP contribution < -0.4 is 5.32 Å². The summed E-state index contributed by atoms with van der Waals surface area (Å²) >= 11 is 1.85. The molecule has 0 aromatic rings. The molecule has 4 heteroatoms. The lowest BCUT2D eigenvalue weighted by atomic mass is 10.0. The van der Waals surface area contributed by atoms with E-state index in [1.54, 1.807) is 0 Å². The predicted molar refractivity (Wildman–Crippen MR) is 64.2 cm³/mol. The lowest BCUT2D eigenvalue weighted by Gasteiger charge is -2.23. The number of carbonyl (C=O) groups excluding carboxylic acids is 1. The number of methoxy groups -OCH3 is 1. The summed E-state index contributed by atoms with van der Waals surface area (Å²) in [6.07, 6.45) is 5.78. The number of esters is 1. The van der Waals surface area contributed by atoms with E-state index in [4.69, 9.17) is 0 Å². The van der Waals surface area contributed by atoms with E-state index in [1.807, 2.05) is 11.8 Å². The van der Waals surface area contributed by atoms with Gasteiger partial charge in [0.25, 0.3) is 0 Å². The molecule has 0 unspecified atom stereocenters. The third-order valence-electron chi connectivity index (χ3n) is 2.70. The molecule has 1 aliphatic heterocycles. The Balaban J connectivity index is 1.89. The van der Waals surface area contributed by atoms with Crippen LogP contribution in [-0.4, -0.2) is 37.2 Å². The van der Waals surface area contributed by atoms with Crippen LogP contribution in [0.1, 0.15) is 32.1 Å². The van der Waals surface area contributed by atoms with Gasteiger partial charge in [-0.2, -0.15) is 11.8 Å². The standard InChI is InChI=1S/C11H21NO2S/c1-14-11(13)6-9-15-8-5-10-4-2-3-7-12-10/h10,12H,2-9H2,1H3/t10-/m0/s1. The van der Waals surface area contributed by atoms with E-state index in [-0.39, 0.29) is 5.97 Å². The Labute approximate surface area is 96.3 Å². The lowest BCUT2D eigenvalue weighted by molar-refractivity contribution is -0.140. The first kappa shape index (κ1) is 12.8. The van der Waals surface area contributed by atoms with Crippen molar-refractivity contribution in [2.75, 3.05) is 25.2 Å². The Bertz CT molecular complexity index is 181. The molecule has 0 amide bonds. The highest BCUT2D eigenvalue weighted by atomic mass is 32.2. The Kier molecular flexibility index (Phi) is 6.85. The summed E-state index contributed by atoms with van der Waals surface area (Å²) in [5.74, 6) is 1.94. The molecule has 0 aromatic heterocycles. The minimum absolute atomic E-state index is 0.0988. The molecule has 0 saturated carbocycles. The highest BCUT2D eigenvalue weighted by molar-refractivity contribution is 7.99. The Morgan fingerprint density at radius 1 is 1.47 bits per heavy atom. The van der Waals surface area contributed by atoms with Crippen LogP contribution in [0.5, 0.6) is 0 Å². The van der Waals surface area contributed by atoms with Crippen molar-refractivity contribution in [3.05, 3.63) is 0 Å². The molecule has 88 valence electrons. The number of nitrogens with one attached hydrogen (secondary N) is 1. The van der Waals surface area contributed by atoms with Crippen molar-refractivity contribution >= 4 is 17.7 Å². The second kappa shape index (κ2) is 7.99. The number of piperidine rings is 1. The topological polar surface area (TPSA) is 38.3 Å². The zero-order valence-electron chi connectivity index (χ0n) is 9.46. The average molecular weight is 231 g/mol. The molecular formula is C11H21NO2S. The molecule has 0 radical (unpaired) electrons. The Morgan fingerprint density at radius 3 is 3.00 bits per heavy atom. The number of thioether (sulfide) groups is 1. The molecule has 15 heavy (non-hydrogen) atoms. The highest BCUT2D eigenvalue weighted by Gasteiger charge is 2.11. The van der Waals surface area contributed by atoms with Crippen LogP contribution in [0.15, 0.2) is 0 Å². The van der Waals surface area contributed by atoms with E-state index < -0.39 is 0 Å². The van der Waals surface area contributed by atoms with Crippen LogP contribution in [0.4, 0.5) is 0 Å². The fourth-order valence-electron chi connectivity index (χ4n) is 1.76. The van der Waals surface area contributed by atoms with E-state index in [2.05, 4.69) is 10.1 Å². The van der Waals surface area contributed by atoms with Crippen molar-refractivity contribution in [1.29, 1.82) is 0 Å². The van der Waals surface area contributed by atoms with Gasteiger partial charge in [-0.3, -0.25) is 4.79 Å². The average Bonchev–Trinajstić information content (AvgIpc) is 2.29. The Hall–Kier alpha value is -0.220. The first-order valence-corrected chi connectivity index (χ1v) is 6.86. The van der Waals surface area contributed by atoms with Gasteiger partial charge >= 0.3 is 5.97 Å². The summed E-state index contributed by atoms with van der Waals surface area (Å²) in [6, 6.07) is 0.712. The van der Waals surface area contributed by atoms with Gasteiger partial charge in [-0.15, -0.1) is 0 Å². The monoisotopic (exact) mass is 231 g/mol. The molecule has 0 spiro atoms. The third kappa shape index (κ3) is 6.05. The summed E-state index contributed by atoms with van der Waals surface area (Å²) in [5.41, 5.74) is 0. The van der Waals surface area contributed by atoms with Gasteiger partial charge in [0.1, 0.15) is 0 Å². The van der Waals surface area contributed by atoms with Gasteiger partial charge in [0.15, 0.2) is 0 Å². The van der Waals surface area contributed by atoms with Crippen LogP contribution in [-0.2, 0) is 9.53 Å². The lowest BCUT2D eigenvalue weighted by Crippen LogP contribution is -2.34. The molecule has 1 heterocycles. The zero-order valence-corrected chi connectivity index (χ0v) is 10.3.